The van der Waals surface area contributed by atoms with Gasteiger partial charge in [-0.05, 0) is 36.5 Å². The Hall–Kier alpha value is -3.35. The quantitative estimate of drug-likeness (QED) is 0.231. The Labute approximate surface area is 216 Å². The summed E-state index contributed by atoms with van der Waals surface area (Å²) in [6, 6.07) is 12.7. The number of nitro groups is 1. The molecule has 12 heteroatoms. The molecule has 202 valence electrons. The number of carbonyl (C=O) groups is 2. The van der Waals surface area contributed by atoms with Gasteiger partial charge in [-0.25, -0.2) is 8.42 Å². The van der Waals surface area contributed by atoms with Crippen molar-refractivity contribution in [1.29, 1.82) is 0 Å². The lowest BCUT2D eigenvalue weighted by molar-refractivity contribution is -0.384. The number of hydrogen-bond acceptors (Lipinski definition) is 7. The number of aliphatic hydroxyl groups is 1. The molecular weight excluding hydrogens is 502 g/mol. The fourth-order valence-electron chi connectivity index (χ4n) is 3.73. The minimum absolute atomic E-state index is 0.0545. The Bertz CT molecular complexity index is 1150. The third-order valence-electron chi connectivity index (χ3n) is 5.55. The van der Waals surface area contributed by atoms with E-state index in [2.05, 4.69) is 5.32 Å². The van der Waals surface area contributed by atoms with Gasteiger partial charge in [-0.2, -0.15) is 4.31 Å². The number of rotatable bonds is 15. The highest BCUT2D eigenvalue weighted by Gasteiger charge is 2.31. The predicted molar refractivity (Wildman–Crippen MR) is 136 cm³/mol. The van der Waals surface area contributed by atoms with E-state index >= 15 is 0 Å². The summed E-state index contributed by atoms with van der Waals surface area (Å²) in [5, 5.41) is 33.6. The molecule has 0 spiro atoms. The van der Waals surface area contributed by atoms with Crippen molar-refractivity contribution >= 4 is 27.6 Å². The number of carboxylic acid groups (broad SMARTS) is 1. The average molecular weight is 536 g/mol. The van der Waals surface area contributed by atoms with Gasteiger partial charge in [0.05, 0.1) is 22.0 Å². The van der Waals surface area contributed by atoms with Crippen molar-refractivity contribution in [1.82, 2.24) is 9.62 Å². The van der Waals surface area contributed by atoms with E-state index < -0.39 is 39.0 Å². The molecule has 0 aliphatic carbocycles. The first-order chi connectivity index (χ1) is 17.4. The van der Waals surface area contributed by atoms with E-state index in [1.807, 2.05) is 32.0 Å². The Morgan fingerprint density at radius 2 is 1.65 bits per heavy atom. The second-order valence-electron chi connectivity index (χ2n) is 9.15. The van der Waals surface area contributed by atoms with Gasteiger partial charge in [0.15, 0.2) is 0 Å². The van der Waals surface area contributed by atoms with Crippen LogP contribution in [0.5, 0.6) is 0 Å². The van der Waals surface area contributed by atoms with Crippen molar-refractivity contribution < 1.29 is 33.1 Å². The van der Waals surface area contributed by atoms with Gasteiger partial charge in [-0.1, -0.05) is 44.2 Å². The van der Waals surface area contributed by atoms with Gasteiger partial charge in [0, 0.05) is 38.1 Å². The second-order valence-corrected chi connectivity index (χ2v) is 11.1. The molecule has 0 radical (unpaired) electrons. The van der Waals surface area contributed by atoms with E-state index in [9.17, 15) is 33.2 Å². The van der Waals surface area contributed by atoms with Crippen LogP contribution in [0.4, 0.5) is 5.69 Å². The molecule has 2 aromatic carbocycles. The third kappa shape index (κ3) is 9.56. The van der Waals surface area contributed by atoms with Crippen LogP contribution in [0.2, 0.25) is 0 Å². The summed E-state index contributed by atoms with van der Waals surface area (Å²) >= 11 is 0. The molecule has 0 saturated carbocycles. The first kappa shape index (κ1) is 29.9. The number of nitrogens with one attached hydrogen (secondary N) is 1. The van der Waals surface area contributed by atoms with Crippen LogP contribution >= 0.6 is 0 Å². The molecule has 0 unspecified atom stereocenters. The molecule has 3 N–H and O–H groups in total. The Morgan fingerprint density at radius 1 is 1.03 bits per heavy atom. The molecule has 0 aromatic heterocycles. The Kier molecular flexibility index (Phi) is 11.2. The minimum atomic E-state index is -4.12. The van der Waals surface area contributed by atoms with Crippen molar-refractivity contribution in [2.75, 3.05) is 13.1 Å². The smallest absolute Gasteiger partial charge is 0.303 e. The molecule has 11 nitrogen and oxygen atoms in total. The number of sulfonamides is 1. The predicted octanol–water partition coefficient (Wildman–Crippen LogP) is 2.58. The summed E-state index contributed by atoms with van der Waals surface area (Å²) in [7, 11) is -4.12. The normalized spacial score (nSPS) is 13.3. The van der Waals surface area contributed by atoms with E-state index in [1.54, 1.807) is 12.1 Å². The van der Waals surface area contributed by atoms with Crippen LogP contribution in [0.15, 0.2) is 59.5 Å². The number of non-ortho nitro benzene ring substituents is 1. The van der Waals surface area contributed by atoms with Crippen LogP contribution in [0, 0.1) is 16.0 Å². The van der Waals surface area contributed by atoms with Gasteiger partial charge >= 0.3 is 5.97 Å². The molecule has 2 atom stereocenters. The summed E-state index contributed by atoms with van der Waals surface area (Å²) in [4.78, 5) is 33.4. The Morgan fingerprint density at radius 3 is 2.19 bits per heavy atom. The van der Waals surface area contributed by atoms with Crippen molar-refractivity contribution in [2.45, 2.75) is 56.6 Å². The lowest BCUT2D eigenvalue weighted by atomic mass is 10.0. The second kappa shape index (κ2) is 13.8. The molecule has 0 aliphatic rings. The molecule has 2 aromatic rings. The number of carbonyl (C=O) groups excluding carboxylic acids is 1. The van der Waals surface area contributed by atoms with Crippen molar-refractivity contribution in [2.24, 2.45) is 5.92 Å². The maximum Gasteiger partial charge on any atom is 0.303 e. The summed E-state index contributed by atoms with van der Waals surface area (Å²) < 4.78 is 27.9. The molecular formula is C25H33N3O8S. The monoisotopic (exact) mass is 535 g/mol. The van der Waals surface area contributed by atoms with Gasteiger partial charge in [0.1, 0.15) is 0 Å². The standard InChI is InChI=1S/C25H33N3O8S/c1-18(2)16-27(37(35,36)21-13-11-20(12-14-21)28(33)34)17-23(29)22(15-19-7-4-3-5-8-19)26-24(30)9-6-10-25(31)32/h3-5,7-8,11-14,18,22-23,29H,6,9-10,15-17H2,1-2H3,(H,26,30)(H,31,32)/t22-,23+/m0/s1. The number of aliphatic carboxylic acids is 1. The largest absolute Gasteiger partial charge is 0.481 e. The lowest BCUT2D eigenvalue weighted by Crippen LogP contribution is -2.51. The number of nitro benzene ring substituents is 1. The van der Waals surface area contributed by atoms with Crippen LogP contribution in [0.25, 0.3) is 0 Å². The van der Waals surface area contributed by atoms with E-state index in [1.165, 1.54) is 0 Å². The van der Waals surface area contributed by atoms with Gasteiger partial charge in [-0.3, -0.25) is 19.7 Å². The third-order valence-corrected chi connectivity index (χ3v) is 7.39. The number of nitrogens with zero attached hydrogens (tertiary/aromatic N) is 2. The van der Waals surface area contributed by atoms with Crippen LogP contribution in [0.3, 0.4) is 0 Å². The topological polar surface area (TPSA) is 167 Å². The lowest BCUT2D eigenvalue weighted by Gasteiger charge is -2.30. The zero-order chi connectivity index (χ0) is 27.6. The highest BCUT2D eigenvalue weighted by Crippen LogP contribution is 2.22. The van der Waals surface area contributed by atoms with Crippen LogP contribution in [0.1, 0.15) is 38.7 Å². The molecule has 2 rings (SSSR count). The first-order valence-electron chi connectivity index (χ1n) is 11.9. The molecule has 37 heavy (non-hydrogen) atoms. The minimum Gasteiger partial charge on any atom is -0.481 e. The van der Waals surface area contributed by atoms with Gasteiger partial charge in [-0.15, -0.1) is 0 Å². The van der Waals surface area contributed by atoms with E-state index in [0.29, 0.717) is 0 Å². The van der Waals surface area contributed by atoms with E-state index in [4.69, 9.17) is 5.11 Å². The number of aliphatic hydroxyl groups excluding tert-OH is 1. The summed E-state index contributed by atoms with van der Waals surface area (Å²) in [6.07, 6.45) is -1.17. The maximum atomic E-state index is 13.4. The fraction of sp³-hybridized carbons (Fsp3) is 0.440. The highest BCUT2D eigenvalue weighted by molar-refractivity contribution is 7.89. The zero-order valence-corrected chi connectivity index (χ0v) is 21.6. The van der Waals surface area contributed by atoms with Gasteiger partial charge in [0.2, 0.25) is 15.9 Å². The molecule has 0 heterocycles. The van der Waals surface area contributed by atoms with Crippen LogP contribution in [-0.4, -0.2) is 65.0 Å². The van der Waals surface area contributed by atoms with Gasteiger partial charge < -0.3 is 15.5 Å². The molecule has 1 amide bonds. The highest BCUT2D eigenvalue weighted by atomic mass is 32.2. The molecule has 0 aliphatic heterocycles. The summed E-state index contributed by atoms with van der Waals surface area (Å²) in [5.74, 6) is -1.57. The maximum absolute atomic E-state index is 13.4. The van der Waals surface area contributed by atoms with Crippen LogP contribution in [-0.2, 0) is 26.0 Å². The molecule has 0 bridgehead atoms. The molecule has 0 fully saturated rings. The summed E-state index contributed by atoms with van der Waals surface area (Å²) in [6.45, 7) is 3.37. The van der Waals surface area contributed by atoms with Gasteiger partial charge in [0.25, 0.3) is 5.69 Å². The van der Waals surface area contributed by atoms with E-state index in [-0.39, 0.29) is 55.3 Å². The van der Waals surface area contributed by atoms with Crippen molar-refractivity contribution in [3.8, 4) is 0 Å². The van der Waals surface area contributed by atoms with Crippen molar-refractivity contribution in [3.63, 3.8) is 0 Å². The zero-order valence-electron chi connectivity index (χ0n) is 20.8. The first-order valence-corrected chi connectivity index (χ1v) is 13.3. The SMILES string of the molecule is CC(C)CN(C[C@@H](O)[C@H](Cc1ccccc1)NC(=O)CCCC(=O)O)S(=O)(=O)c1ccc([N+](=O)[O-])cc1. The van der Waals surface area contributed by atoms with E-state index in [0.717, 1.165) is 34.1 Å². The number of amides is 1. The number of benzene rings is 2. The number of carboxylic acids is 1. The van der Waals surface area contributed by atoms with Crippen molar-refractivity contribution in [3.05, 3.63) is 70.3 Å². The Balaban J connectivity index is 2.27. The average Bonchev–Trinajstić information content (AvgIpc) is 2.83. The number of hydrogen-bond donors (Lipinski definition) is 3. The fourth-order valence-corrected chi connectivity index (χ4v) is 5.35. The van der Waals surface area contributed by atoms with Crippen LogP contribution < -0.4 is 5.32 Å². The molecule has 0 saturated heterocycles. The summed E-state index contributed by atoms with van der Waals surface area (Å²) in [5.41, 5.74) is 0.564.